The van der Waals surface area contributed by atoms with Gasteiger partial charge in [-0.25, -0.2) is 0 Å². The molecule has 84 valence electrons. The van der Waals surface area contributed by atoms with Crippen molar-refractivity contribution >= 4 is 0 Å². The van der Waals surface area contributed by atoms with E-state index in [-0.39, 0.29) is 0 Å². The highest BCUT2D eigenvalue weighted by Crippen LogP contribution is 2.27. The van der Waals surface area contributed by atoms with Crippen LogP contribution in [0.2, 0.25) is 0 Å². The summed E-state index contributed by atoms with van der Waals surface area (Å²) < 4.78 is 92.0. The molecule has 10 heteroatoms. The fourth-order valence-corrected chi connectivity index (χ4v) is 0.313. The number of nitrogens with zero attached hydrogens (tertiary/aromatic N) is 2. The molecule has 0 bridgehead atoms. The Morgan fingerprint density at radius 3 is 1.00 bits per heavy atom. The summed E-state index contributed by atoms with van der Waals surface area (Å²) in [5, 5.41) is -5.39. The van der Waals surface area contributed by atoms with Gasteiger partial charge in [0.2, 0.25) is 0 Å². The third-order valence-corrected chi connectivity index (χ3v) is 0.935. The molecule has 0 aromatic rings. The van der Waals surface area contributed by atoms with Crippen molar-refractivity contribution in [2.75, 3.05) is 0 Å². The molecular weight excluding hydrogens is 228 g/mol. The lowest BCUT2D eigenvalue weighted by atomic mass is 10.4. The fourth-order valence-electron chi connectivity index (χ4n) is 0.313. The minimum absolute atomic E-state index is 1.04. The lowest BCUT2D eigenvalue weighted by molar-refractivity contribution is -0.317. The van der Waals surface area contributed by atoms with E-state index >= 15 is 0 Å². The maximum absolute atomic E-state index is 11.8. The zero-order valence-electron chi connectivity index (χ0n) is 6.07. The van der Waals surface area contributed by atoms with Gasteiger partial charge in [-0.1, -0.05) is 17.9 Å². The van der Waals surface area contributed by atoms with Gasteiger partial charge in [0, 0.05) is 12.2 Å². The molecule has 0 atom stereocenters. The van der Waals surface area contributed by atoms with Crippen molar-refractivity contribution in [2.45, 2.75) is 12.1 Å². The third kappa shape index (κ3) is 3.46. The van der Waals surface area contributed by atoms with E-state index in [0.717, 1.165) is 0 Å². The lowest BCUT2D eigenvalue weighted by Crippen LogP contribution is -2.30. The van der Waals surface area contributed by atoms with Crippen LogP contribution in [-0.2, 0) is 0 Å². The molecule has 0 unspecified atom stereocenters. The molecule has 2 nitrogen and oxygen atoms in total. The molecule has 0 aliphatic carbocycles. The van der Waals surface area contributed by atoms with Crippen LogP contribution in [0.4, 0.5) is 35.5 Å². The molecule has 0 rings (SSSR count). The zero-order chi connectivity index (χ0) is 11.6. The molecule has 0 spiro atoms. The number of hydrogen-bond donors (Lipinski definition) is 0. The topological polar surface area (TPSA) is 6.48 Å². The molecule has 14 heavy (non-hydrogen) atoms. The first-order valence-electron chi connectivity index (χ1n) is 2.79. The SMILES string of the molecule is FN(F)C(F)(F)C=CC(F)(F)N(F)F. The molecule has 0 radical (unpaired) electrons. The normalized spacial score (nSPS) is 14.7. The molecule has 0 aromatic heterocycles. The van der Waals surface area contributed by atoms with Crippen LogP contribution in [0.3, 0.4) is 0 Å². The fraction of sp³-hybridized carbons (Fsp3) is 0.500. The van der Waals surface area contributed by atoms with E-state index in [9.17, 15) is 35.5 Å². The van der Waals surface area contributed by atoms with Crippen LogP contribution >= 0.6 is 0 Å². The van der Waals surface area contributed by atoms with Gasteiger partial charge in [0.05, 0.1) is 10.7 Å². The van der Waals surface area contributed by atoms with Crippen LogP contribution in [0, 0.1) is 0 Å². The maximum Gasteiger partial charge on any atom is 0.378 e. The number of alkyl halides is 4. The quantitative estimate of drug-likeness (QED) is 0.317. The Morgan fingerprint density at radius 1 is 0.643 bits per heavy atom. The molecule has 0 aliphatic rings. The van der Waals surface area contributed by atoms with Gasteiger partial charge in [-0.3, -0.25) is 0 Å². The first kappa shape index (κ1) is 13.1. The molecule has 0 amide bonds. The number of halogens is 8. The van der Waals surface area contributed by atoms with Gasteiger partial charge in [0.25, 0.3) is 0 Å². The molecule has 0 heterocycles. The van der Waals surface area contributed by atoms with Crippen LogP contribution in [0.15, 0.2) is 12.2 Å². The van der Waals surface area contributed by atoms with Crippen LogP contribution in [0.5, 0.6) is 0 Å². The molecular formula is C4H2F8N2. The van der Waals surface area contributed by atoms with E-state index in [4.69, 9.17) is 0 Å². The van der Waals surface area contributed by atoms with Gasteiger partial charge < -0.3 is 0 Å². The summed E-state index contributed by atoms with van der Waals surface area (Å²) in [6.07, 6.45) is -2.09. The van der Waals surface area contributed by atoms with Gasteiger partial charge in [-0.2, -0.15) is 17.6 Å². The van der Waals surface area contributed by atoms with Crippen LogP contribution < -0.4 is 0 Å². The number of hydrogen-bond acceptors (Lipinski definition) is 2. The third-order valence-electron chi connectivity index (χ3n) is 0.935. The van der Waals surface area contributed by atoms with E-state index in [0.29, 0.717) is 0 Å². The van der Waals surface area contributed by atoms with Crippen LogP contribution in [0.25, 0.3) is 0 Å². The summed E-state index contributed by atoms with van der Waals surface area (Å²) in [6.45, 7) is 0. The molecule has 0 fully saturated rings. The largest absolute Gasteiger partial charge is 0.378 e. The average molecular weight is 230 g/mol. The van der Waals surface area contributed by atoms with Crippen molar-refractivity contribution in [1.82, 2.24) is 10.7 Å². The van der Waals surface area contributed by atoms with Crippen molar-refractivity contribution in [3.05, 3.63) is 12.2 Å². The second kappa shape index (κ2) is 4.09. The van der Waals surface area contributed by atoms with E-state index in [1.165, 1.54) is 0 Å². The first-order chi connectivity index (χ1) is 6.09. The van der Waals surface area contributed by atoms with E-state index in [1.54, 1.807) is 0 Å². The second-order valence-electron chi connectivity index (χ2n) is 1.97. The van der Waals surface area contributed by atoms with Gasteiger partial charge in [-0.05, 0) is 0 Å². The Morgan fingerprint density at radius 2 is 0.857 bits per heavy atom. The second-order valence-corrected chi connectivity index (χ2v) is 1.97. The highest BCUT2D eigenvalue weighted by atomic mass is 19.4. The molecule has 0 aromatic carbocycles. The molecule has 0 N–H and O–H groups in total. The maximum atomic E-state index is 11.8. The van der Waals surface area contributed by atoms with Crippen LogP contribution in [-0.4, -0.2) is 22.8 Å². The summed E-state index contributed by atoms with van der Waals surface area (Å²) >= 11 is 0. The van der Waals surface area contributed by atoms with Crippen LogP contribution in [0.1, 0.15) is 0 Å². The Hall–Kier alpha value is -0.900. The van der Waals surface area contributed by atoms with E-state index < -0.39 is 34.9 Å². The van der Waals surface area contributed by atoms with Gasteiger partial charge in [-0.15, -0.1) is 0 Å². The van der Waals surface area contributed by atoms with Gasteiger partial charge >= 0.3 is 12.1 Å². The highest BCUT2D eigenvalue weighted by Gasteiger charge is 2.41. The Bertz CT molecular complexity index is 189. The van der Waals surface area contributed by atoms with Crippen molar-refractivity contribution in [3.63, 3.8) is 0 Å². The van der Waals surface area contributed by atoms with Crippen molar-refractivity contribution in [2.24, 2.45) is 0 Å². The predicted octanol–water partition coefficient (Wildman–Crippen LogP) is 2.87. The van der Waals surface area contributed by atoms with E-state index in [2.05, 4.69) is 0 Å². The highest BCUT2D eigenvalue weighted by molar-refractivity contribution is 4.97. The summed E-state index contributed by atoms with van der Waals surface area (Å²) in [5.41, 5.74) is 0. The standard InChI is InChI=1S/C4H2F8N2/c5-3(6,13(9)10)1-2-4(7,8)14(11)12/h1-2H. The molecule has 0 saturated heterocycles. The van der Waals surface area contributed by atoms with Gasteiger partial charge in [0.1, 0.15) is 0 Å². The van der Waals surface area contributed by atoms with Crippen molar-refractivity contribution in [1.29, 1.82) is 0 Å². The molecule has 0 saturated carbocycles. The minimum Gasteiger partial charge on any atom is -0.179 e. The summed E-state index contributed by atoms with van der Waals surface area (Å²) in [5.74, 6) is 0. The van der Waals surface area contributed by atoms with E-state index in [1.807, 2.05) is 0 Å². The monoisotopic (exact) mass is 230 g/mol. The summed E-state index contributed by atoms with van der Waals surface area (Å²) in [7, 11) is 0. The summed E-state index contributed by atoms with van der Waals surface area (Å²) in [4.78, 5) is 0. The minimum atomic E-state index is -5.03. The summed E-state index contributed by atoms with van der Waals surface area (Å²) in [6, 6.07) is -10.1. The Balaban J connectivity index is 4.59. The first-order valence-corrected chi connectivity index (χ1v) is 2.79. The van der Waals surface area contributed by atoms with Crippen molar-refractivity contribution in [3.8, 4) is 0 Å². The Kier molecular flexibility index (Phi) is 3.82. The molecule has 0 aliphatic heterocycles. The Labute approximate surface area is 71.7 Å². The number of rotatable bonds is 4. The lowest BCUT2D eigenvalue weighted by Gasteiger charge is -2.14. The van der Waals surface area contributed by atoms with Crippen molar-refractivity contribution < 1.29 is 35.5 Å². The predicted molar refractivity (Wildman–Crippen MR) is 27.1 cm³/mol. The average Bonchev–Trinajstić information content (AvgIpc) is 2.01. The zero-order valence-corrected chi connectivity index (χ0v) is 6.07. The van der Waals surface area contributed by atoms with Gasteiger partial charge in [0.15, 0.2) is 0 Å². The smallest absolute Gasteiger partial charge is 0.179 e.